The van der Waals surface area contributed by atoms with Gasteiger partial charge in [-0.15, -0.1) is 11.6 Å². The molecular weight excluding hydrogens is 264 g/mol. The Morgan fingerprint density at radius 3 is 2.55 bits per heavy atom. The van der Waals surface area contributed by atoms with Gasteiger partial charge < -0.3 is 0 Å². The van der Waals surface area contributed by atoms with E-state index in [1.165, 1.54) is 32.1 Å². The number of alkyl halides is 1. The minimum atomic E-state index is 0.624. The van der Waals surface area contributed by atoms with Gasteiger partial charge in [0.2, 0.25) is 0 Å². The van der Waals surface area contributed by atoms with E-state index >= 15 is 0 Å². The van der Waals surface area contributed by atoms with E-state index in [0.717, 1.165) is 29.7 Å². The number of fused-ring (bicyclic) bond motifs is 2. The Hall–Kier alpha value is -0.930. The SMILES string of the molecule is ClCCCC12C3CCCC1C32CC#Cc1ccccc1. The summed E-state index contributed by atoms with van der Waals surface area (Å²) in [7, 11) is 0. The molecule has 1 heteroatoms. The summed E-state index contributed by atoms with van der Waals surface area (Å²) in [5, 5.41) is 0. The maximum absolute atomic E-state index is 5.91. The van der Waals surface area contributed by atoms with Crippen LogP contribution in [0.4, 0.5) is 0 Å². The molecule has 0 amide bonds. The van der Waals surface area contributed by atoms with Crippen molar-refractivity contribution in [1.29, 1.82) is 0 Å². The number of rotatable bonds is 4. The van der Waals surface area contributed by atoms with E-state index in [2.05, 4.69) is 36.1 Å². The predicted molar refractivity (Wildman–Crippen MR) is 83.6 cm³/mol. The van der Waals surface area contributed by atoms with Crippen LogP contribution in [-0.2, 0) is 0 Å². The van der Waals surface area contributed by atoms with Crippen LogP contribution >= 0.6 is 11.6 Å². The highest BCUT2D eigenvalue weighted by molar-refractivity contribution is 6.17. The van der Waals surface area contributed by atoms with E-state index in [0.29, 0.717) is 10.8 Å². The van der Waals surface area contributed by atoms with Crippen LogP contribution in [0.25, 0.3) is 0 Å². The summed E-state index contributed by atoms with van der Waals surface area (Å²) < 4.78 is 0. The van der Waals surface area contributed by atoms with Crippen molar-refractivity contribution >= 4 is 11.6 Å². The molecular formula is C19H21Cl. The molecule has 4 rings (SSSR count). The van der Waals surface area contributed by atoms with Crippen LogP contribution in [0.1, 0.15) is 44.1 Å². The molecule has 0 nitrogen and oxygen atoms in total. The quantitative estimate of drug-likeness (QED) is 0.547. The lowest BCUT2D eigenvalue weighted by atomic mass is 9.77. The van der Waals surface area contributed by atoms with E-state index < -0.39 is 0 Å². The Bertz CT molecular complexity index is 550. The third-order valence-corrected chi connectivity index (χ3v) is 6.55. The lowest BCUT2D eigenvalue weighted by molar-refractivity contribution is 0.224. The molecule has 0 N–H and O–H groups in total. The lowest BCUT2D eigenvalue weighted by Gasteiger charge is -2.27. The van der Waals surface area contributed by atoms with E-state index in [9.17, 15) is 0 Å². The van der Waals surface area contributed by atoms with Crippen molar-refractivity contribution in [3.8, 4) is 11.8 Å². The van der Waals surface area contributed by atoms with Gasteiger partial charge in [0.15, 0.2) is 0 Å². The third kappa shape index (κ3) is 1.51. The molecule has 104 valence electrons. The highest BCUT2D eigenvalue weighted by atomic mass is 35.5. The summed E-state index contributed by atoms with van der Waals surface area (Å²) in [5.74, 6) is 9.65. The van der Waals surface area contributed by atoms with Crippen LogP contribution in [0.15, 0.2) is 30.3 Å². The molecule has 0 heterocycles. The highest BCUT2D eigenvalue weighted by Crippen LogP contribution is 2.99. The van der Waals surface area contributed by atoms with Crippen LogP contribution in [0.5, 0.6) is 0 Å². The van der Waals surface area contributed by atoms with Crippen molar-refractivity contribution in [2.75, 3.05) is 5.88 Å². The van der Waals surface area contributed by atoms with E-state index in [-0.39, 0.29) is 0 Å². The first-order valence-corrected chi connectivity index (χ1v) is 8.49. The van der Waals surface area contributed by atoms with Crippen molar-refractivity contribution < 1.29 is 0 Å². The molecule has 0 aliphatic heterocycles. The summed E-state index contributed by atoms with van der Waals surface area (Å²) in [6, 6.07) is 10.4. The fraction of sp³-hybridized carbons (Fsp3) is 0.579. The first-order valence-electron chi connectivity index (χ1n) is 7.96. The van der Waals surface area contributed by atoms with Gasteiger partial charge in [-0.05, 0) is 60.5 Å². The van der Waals surface area contributed by atoms with Crippen LogP contribution in [0.2, 0.25) is 0 Å². The van der Waals surface area contributed by atoms with Gasteiger partial charge in [-0.25, -0.2) is 0 Å². The van der Waals surface area contributed by atoms with Gasteiger partial charge in [-0.2, -0.15) is 0 Å². The van der Waals surface area contributed by atoms with Crippen LogP contribution in [0, 0.1) is 34.5 Å². The van der Waals surface area contributed by atoms with E-state index in [4.69, 9.17) is 11.6 Å². The zero-order chi connectivity index (χ0) is 13.6. The van der Waals surface area contributed by atoms with Gasteiger partial charge in [0, 0.05) is 17.9 Å². The van der Waals surface area contributed by atoms with Gasteiger partial charge in [-0.3, -0.25) is 0 Å². The molecule has 1 aromatic carbocycles. The summed E-state index contributed by atoms with van der Waals surface area (Å²) in [5.41, 5.74) is 2.46. The summed E-state index contributed by atoms with van der Waals surface area (Å²) in [6.45, 7) is 0. The van der Waals surface area contributed by atoms with Crippen molar-refractivity contribution in [2.45, 2.75) is 38.5 Å². The molecule has 2 atom stereocenters. The standard InChI is InChI=1S/C19H21Cl/c20-14-6-13-19-16-10-4-11-17(19)18(16,19)12-5-9-15-7-2-1-3-8-15/h1-3,7-8,16-17H,4,6,10-14H2. The predicted octanol–water partition coefficient (Wildman–Crippen LogP) is 4.86. The second kappa shape index (κ2) is 4.54. The molecule has 0 spiro atoms. The number of halogens is 1. The van der Waals surface area contributed by atoms with E-state index in [1.807, 2.05) is 6.07 Å². The zero-order valence-corrected chi connectivity index (χ0v) is 12.6. The third-order valence-electron chi connectivity index (χ3n) is 6.28. The fourth-order valence-corrected chi connectivity index (χ4v) is 5.73. The maximum Gasteiger partial charge on any atom is 0.0245 e. The average molecular weight is 285 g/mol. The monoisotopic (exact) mass is 284 g/mol. The first-order chi connectivity index (χ1) is 9.86. The van der Waals surface area contributed by atoms with Gasteiger partial charge in [-0.1, -0.05) is 36.5 Å². The minimum absolute atomic E-state index is 0.624. The smallest absolute Gasteiger partial charge is 0.0245 e. The van der Waals surface area contributed by atoms with Crippen LogP contribution < -0.4 is 0 Å². The van der Waals surface area contributed by atoms with Gasteiger partial charge >= 0.3 is 0 Å². The van der Waals surface area contributed by atoms with Crippen molar-refractivity contribution in [3.63, 3.8) is 0 Å². The highest BCUT2D eigenvalue weighted by Gasteiger charge is 2.95. The Morgan fingerprint density at radius 1 is 1.10 bits per heavy atom. The largest absolute Gasteiger partial charge is 0.127 e. The molecule has 0 saturated heterocycles. The summed E-state index contributed by atoms with van der Waals surface area (Å²) in [4.78, 5) is 0. The lowest BCUT2D eigenvalue weighted by Crippen LogP contribution is -2.19. The number of benzene rings is 1. The topological polar surface area (TPSA) is 0 Å². The minimum Gasteiger partial charge on any atom is -0.127 e. The molecule has 3 fully saturated rings. The molecule has 3 aliphatic carbocycles. The zero-order valence-electron chi connectivity index (χ0n) is 11.9. The summed E-state index contributed by atoms with van der Waals surface area (Å²) >= 11 is 5.91. The van der Waals surface area contributed by atoms with Crippen molar-refractivity contribution in [3.05, 3.63) is 35.9 Å². The fourth-order valence-electron chi connectivity index (χ4n) is 5.60. The molecule has 0 aromatic heterocycles. The molecule has 0 bridgehead atoms. The van der Waals surface area contributed by atoms with Gasteiger partial charge in [0.25, 0.3) is 0 Å². The van der Waals surface area contributed by atoms with Crippen molar-refractivity contribution in [1.82, 2.24) is 0 Å². The van der Waals surface area contributed by atoms with Gasteiger partial charge in [0.1, 0.15) is 0 Å². The molecule has 1 aromatic rings. The Morgan fingerprint density at radius 2 is 1.85 bits per heavy atom. The van der Waals surface area contributed by atoms with E-state index in [1.54, 1.807) is 0 Å². The molecule has 3 aliphatic rings. The summed E-state index contributed by atoms with van der Waals surface area (Å²) in [6.07, 6.45) is 8.03. The number of hydrogen-bond acceptors (Lipinski definition) is 0. The number of hydrogen-bond donors (Lipinski definition) is 0. The molecule has 20 heavy (non-hydrogen) atoms. The normalized spacial score (nSPS) is 39.5. The second-order valence-corrected chi connectivity index (χ2v) is 7.13. The average Bonchev–Trinajstić information content (AvgIpc) is 3.32. The Balaban J connectivity index is 1.47. The Labute approximate surface area is 126 Å². The first kappa shape index (κ1) is 12.8. The van der Waals surface area contributed by atoms with Gasteiger partial charge in [0.05, 0.1) is 0 Å². The molecule has 2 unspecified atom stereocenters. The maximum atomic E-state index is 5.91. The van der Waals surface area contributed by atoms with Crippen LogP contribution in [-0.4, -0.2) is 5.88 Å². The Kier molecular flexibility index (Phi) is 2.90. The van der Waals surface area contributed by atoms with Crippen molar-refractivity contribution in [2.24, 2.45) is 22.7 Å². The van der Waals surface area contributed by atoms with Crippen LogP contribution in [0.3, 0.4) is 0 Å². The molecule has 0 radical (unpaired) electrons. The molecule has 3 saturated carbocycles. The second-order valence-electron chi connectivity index (χ2n) is 6.75.